The Bertz CT molecular complexity index is 6590. The maximum atomic E-state index is 2.53. The van der Waals surface area contributed by atoms with E-state index in [0.29, 0.717) is 0 Å². The van der Waals surface area contributed by atoms with Gasteiger partial charge in [-0.25, -0.2) is 0 Å². The Labute approximate surface area is 590 Å². The predicted octanol–water partition coefficient (Wildman–Crippen LogP) is 27.9. The molecule has 0 aromatic heterocycles. The molecule has 0 heterocycles. The maximum absolute atomic E-state index is 2.53. The summed E-state index contributed by atoms with van der Waals surface area (Å²) in [5.41, 5.74) is 29.1. The van der Waals surface area contributed by atoms with Crippen LogP contribution in [0.15, 0.2) is 328 Å². The van der Waals surface area contributed by atoms with Crippen LogP contribution < -0.4 is 0 Å². The van der Waals surface area contributed by atoms with Gasteiger partial charge in [-0.15, -0.1) is 0 Å². The highest BCUT2D eigenvalue weighted by atomic mass is 14.4. The van der Waals surface area contributed by atoms with Crippen LogP contribution in [0.2, 0.25) is 0 Å². The van der Waals surface area contributed by atoms with Crippen LogP contribution in [0.5, 0.6) is 0 Å². The van der Waals surface area contributed by atoms with Gasteiger partial charge in [-0.05, 0) is 263 Å². The molecule has 18 aromatic carbocycles. The van der Waals surface area contributed by atoms with Gasteiger partial charge in [-0.2, -0.15) is 0 Å². The standard InChI is InChI=1S/C53H36.C48H36/c1-53(2)49-31-46(38-27-26-35-28-34(24-25-36(35)29-38)33-14-4-3-5-15-33)42-20-10-12-22-44(42)51(49)52-45-23-13-11-21-43(45)48(32-50(52)53)47-30-37-16-6-7-17-39(37)40-18-8-9-19-41(40)47;1-47(2)41-20-12-11-17-35(41)36-24-23-32(26-42(36)47)40-28-44-46(38-19-10-8-16-34(38)40)45-37-18-9-7-15-33(37)39(27-43(45)48(44,3)4)31-22-21-29-13-5-6-14-30(29)25-31/h3-32H,1-2H3;5-28H,1-4H3. The molecule has 0 amide bonds. The fraction of sp³-hybridized carbons (Fsp3) is 0.0891. The fourth-order valence-corrected chi connectivity index (χ4v) is 18.5. The van der Waals surface area contributed by atoms with Crippen molar-refractivity contribution in [1.82, 2.24) is 0 Å². The van der Waals surface area contributed by atoms with Gasteiger partial charge in [0, 0.05) is 16.2 Å². The number of fused-ring (bicyclic) bond motifs is 22. The van der Waals surface area contributed by atoms with Crippen molar-refractivity contribution in [3.63, 3.8) is 0 Å². The molecule has 0 saturated heterocycles. The molecule has 3 aliphatic carbocycles. The minimum absolute atomic E-state index is 0.0396. The van der Waals surface area contributed by atoms with Crippen molar-refractivity contribution in [1.29, 1.82) is 0 Å². The highest BCUT2D eigenvalue weighted by Crippen LogP contribution is 2.60. The molecule has 0 unspecified atom stereocenters. The van der Waals surface area contributed by atoms with Gasteiger partial charge in [0.1, 0.15) is 0 Å². The van der Waals surface area contributed by atoms with Gasteiger partial charge in [-0.1, -0.05) is 315 Å². The molecular formula is C101H72. The van der Waals surface area contributed by atoms with Crippen molar-refractivity contribution in [2.24, 2.45) is 0 Å². The molecular weight excluding hydrogens is 1210 g/mol. The molecule has 0 bridgehead atoms. The summed E-state index contributed by atoms with van der Waals surface area (Å²) in [6, 6.07) is 123. The smallest absolute Gasteiger partial charge is 0.0159 e. The first-order chi connectivity index (χ1) is 49.4. The topological polar surface area (TPSA) is 0 Å². The van der Waals surface area contributed by atoms with Crippen molar-refractivity contribution >= 4 is 86.2 Å². The summed E-state index contributed by atoms with van der Waals surface area (Å²) in [7, 11) is 0. The Balaban J connectivity index is 0.000000136. The lowest BCUT2D eigenvalue weighted by atomic mass is 9.78. The lowest BCUT2D eigenvalue weighted by Crippen LogP contribution is -2.16. The van der Waals surface area contributed by atoms with Crippen LogP contribution in [0.4, 0.5) is 0 Å². The van der Waals surface area contributed by atoms with Crippen LogP contribution in [0.25, 0.3) is 175 Å². The van der Waals surface area contributed by atoms with Crippen molar-refractivity contribution in [2.75, 3.05) is 0 Å². The van der Waals surface area contributed by atoms with Crippen molar-refractivity contribution in [2.45, 2.75) is 57.8 Å². The third-order valence-electron chi connectivity index (χ3n) is 23.6. The van der Waals surface area contributed by atoms with E-state index in [1.54, 1.807) is 0 Å². The molecule has 21 rings (SSSR count). The van der Waals surface area contributed by atoms with Gasteiger partial charge in [0.05, 0.1) is 0 Å². The summed E-state index contributed by atoms with van der Waals surface area (Å²) in [5, 5.41) is 20.8. The molecule has 101 heavy (non-hydrogen) atoms. The Kier molecular flexibility index (Phi) is 12.9. The minimum atomic E-state index is -0.212. The summed E-state index contributed by atoms with van der Waals surface area (Å²) in [5.74, 6) is 0. The van der Waals surface area contributed by atoms with Gasteiger partial charge in [-0.3, -0.25) is 0 Å². The molecule has 0 saturated carbocycles. The molecule has 0 fully saturated rings. The first kappa shape index (κ1) is 59.1. The van der Waals surface area contributed by atoms with E-state index in [1.165, 1.54) is 209 Å². The van der Waals surface area contributed by atoms with Gasteiger partial charge >= 0.3 is 0 Å². The Morgan fingerprint density at radius 3 is 0.990 bits per heavy atom. The zero-order valence-corrected chi connectivity index (χ0v) is 57.7. The average Bonchev–Trinajstić information content (AvgIpc) is 1.55. The normalized spacial score (nSPS) is 14.1. The van der Waals surface area contributed by atoms with E-state index >= 15 is 0 Å². The van der Waals surface area contributed by atoms with Crippen LogP contribution in [-0.4, -0.2) is 0 Å². The largest absolute Gasteiger partial charge is 0.0622 e. The molecule has 0 N–H and O–H groups in total. The van der Waals surface area contributed by atoms with E-state index in [9.17, 15) is 0 Å². The monoisotopic (exact) mass is 1280 g/mol. The lowest BCUT2D eigenvalue weighted by Gasteiger charge is -2.24. The van der Waals surface area contributed by atoms with Crippen LogP contribution in [0.3, 0.4) is 0 Å². The SMILES string of the molecule is CC1(C)c2cc(-c3ccc4cc(-c5ccccc5)ccc4c3)c3ccccc3c2-c2c1cc(-c1cc3ccccc3c3ccccc13)c1ccccc21.CC1(C)c2ccccc2-c2ccc(-c3cc4c(c5ccccc35)-c3c(cc(-c5ccc6ccccc6c5)c5ccccc35)C4(C)C)cc21. The summed E-state index contributed by atoms with van der Waals surface area (Å²) < 4.78 is 0. The predicted molar refractivity (Wildman–Crippen MR) is 433 cm³/mol. The molecule has 0 atom stereocenters. The van der Waals surface area contributed by atoms with E-state index in [-0.39, 0.29) is 16.2 Å². The Hall–Kier alpha value is -12.0. The zero-order chi connectivity index (χ0) is 67.6. The summed E-state index contributed by atoms with van der Waals surface area (Å²) in [6.07, 6.45) is 0. The molecule has 18 aromatic rings. The minimum Gasteiger partial charge on any atom is -0.0622 e. The van der Waals surface area contributed by atoms with Crippen LogP contribution in [-0.2, 0) is 16.2 Å². The number of hydrogen-bond donors (Lipinski definition) is 0. The van der Waals surface area contributed by atoms with Gasteiger partial charge in [0.2, 0.25) is 0 Å². The van der Waals surface area contributed by atoms with E-state index in [0.717, 1.165) is 0 Å². The lowest BCUT2D eigenvalue weighted by molar-refractivity contribution is 0.660. The molecule has 3 aliphatic rings. The summed E-state index contributed by atoms with van der Waals surface area (Å²) in [6.45, 7) is 14.5. The number of rotatable bonds is 5. The first-order valence-electron chi connectivity index (χ1n) is 35.9. The van der Waals surface area contributed by atoms with Crippen LogP contribution >= 0.6 is 0 Å². The van der Waals surface area contributed by atoms with E-state index in [1.807, 2.05) is 0 Å². The second-order valence-electron chi connectivity index (χ2n) is 30.1. The molecule has 0 spiro atoms. The van der Waals surface area contributed by atoms with Gasteiger partial charge in [0.25, 0.3) is 0 Å². The average molecular weight is 1290 g/mol. The molecule has 0 radical (unpaired) electrons. The van der Waals surface area contributed by atoms with Gasteiger partial charge < -0.3 is 0 Å². The van der Waals surface area contributed by atoms with E-state index in [2.05, 4.69) is 369 Å². The van der Waals surface area contributed by atoms with Crippen molar-refractivity contribution in [3.05, 3.63) is 361 Å². The van der Waals surface area contributed by atoms with E-state index < -0.39 is 0 Å². The highest BCUT2D eigenvalue weighted by Gasteiger charge is 2.42. The highest BCUT2D eigenvalue weighted by molar-refractivity contribution is 6.22. The number of hydrogen-bond acceptors (Lipinski definition) is 0. The Morgan fingerprint density at radius 2 is 0.465 bits per heavy atom. The fourth-order valence-electron chi connectivity index (χ4n) is 18.5. The molecule has 476 valence electrons. The quantitative estimate of drug-likeness (QED) is 0.151. The molecule has 0 nitrogen and oxygen atoms in total. The molecule has 0 heteroatoms. The second kappa shape index (κ2) is 22.0. The van der Waals surface area contributed by atoms with Crippen molar-refractivity contribution < 1.29 is 0 Å². The van der Waals surface area contributed by atoms with Crippen molar-refractivity contribution in [3.8, 4) is 89.0 Å². The van der Waals surface area contributed by atoms with Crippen LogP contribution in [0, 0.1) is 0 Å². The Morgan fingerprint density at radius 1 is 0.149 bits per heavy atom. The molecule has 0 aliphatic heterocycles. The van der Waals surface area contributed by atoms with Gasteiger partial charge in [0.15, 0.2) is 0 Å². The first-order valence-corrected chi connectivity index (χ1v) is 35.9. The summed E-state index contributed by atoms with van der Waals surface area (Å²) >= 11 is 0. The summed E-state index contributed by atoms with van der Waals surface area (Å²) in [4.78, 5) is 0. The maximum Gasteiger partial charge on any atom is 0.0159 e. The third-order valence-corrected chi connectivity index (χ3v) is 23.6. The zero-order valence-electron chi connectivity index (χ0n) is 57.7. The van der Waals surface area contributed by atoms with Crippen LogP contribution in [0.1, 0.15) is 74.9 Å². The third kappa shape index (κ3) is 8.81. The number of benzene rings is 18. The second-order valence-corrected chi connectivity index (χ2v) is 30.1. The van der Waals surface area contributed by atoms with E-state index in [4.69, 9.17) is 0 Å².